The number of carbonyl (C=O) groups is 1. The molecule has 1 aliphatic rings. The molecule has 1 aliphatic carbocycles. The number of rotatable bonds is 5. The van der Waals surface area contributed by atoms with E-state index in [2.05, 4.69) is 5.32 Å². The van der Waals surface area contributed by atoms with Crippen LogP contribution in [-0.2, 0) is 11.2 Å². The van der Waals surface area contributed by atoms with Gasteiger partial charge in [-0.05, 0) is 36.6 Å². The van der Waals surface area contributed by atoms with Gasteiger partial charge in [0.2, 0.25) is 5.91 Å². The van der Waals surface area contributed by atoms with Crippen molar-refractivity contribution in [1.29, 1.82) is 0 Å². The molecule has 138 valence electrons. The fraction of sp³-hybridized carbons (Fsp3) is 0.381. The molecule has 0 bridgehead atoms. The van der Waals surface area contributed by atoms with Crippen LogP contribution in [0.5, 0.6) is 0 Å². The molecule has 0 aromatic heterocycles. The van der Waals surface area contributed by atoms with Crippen molar-refractivity contribution in [3.8, 4) is 0 Å². The van der Waals surface area contributed by atoms with Crippen molar-refractivity contribution in [3.63, 3.8) is 0 Å². The topological polar surface area (TPSA) is 32.3 Å². The predicted molar refractivity (Wildman–Crippen MR) is 110 cm³/mol. The second kappa shape index (κ2) is 8.79. The summed E-state index contributed by atoms with van der Waals surface area (Å²) in [7, 11) is 1.93. The van der Waals surface area contributed by atoms with Crippen molar-refractivity contribution in [2.75, 3.05) is 12.4 Å². The molecule has 0 unspecified atom stereocenters. The molecule has 0 heterocycles. The maximum atomic E-state index is 12.8. The number of benzene rings is 2. The summed E-state index contributed by atoms with van der Waals surface area (Å²) in [5.74, 6) is 0.149. The number of hydrogen-bond donors (Lipinski definition) is 1. The number of nitrogens with zero attached hydrogens (tertiary/aromatic N) is 1. The van der Waals surface area contributed by atoms with Gasteiger partial charge in [0.05, 0.1) is 22.2 Å². The SMILES string of the molecule is CN(C(=O)Cc1ccccc1Nc1c(Cl)cccc1Cl)C1CCCCC1. The molecule has 26 heavy (non-hydrogen) atoms. The monoisotopic (exact) mass is 390 g/mol. The van der Waals surface area contributed by atoms with Gasteiger partial charge in [0.1, 0.15) is 0 Å². The Morgan fingerprint density at radius 3 is 2.38 bits per heavy atom. The molecule has 0 aliphatic heterocycles. The minimum absolute atomic E-state index is 0.149. The average Bonchev–Trinajstić information content (AvgIpc) is 2.66. The number of anilines is 2. The summed E-state index contributed by atoms with van der Waals surface area (Å²) in [5.41, 5.74) is 2.46. The fourth-order valence-corrected chi connectivity index (χ4v) is 4.00. The van der Waals surface area contributed by atoms with Crippen LogP contribution in [0.15, 0.2) is 42.5 Å². The summed E-state index contributed by atoms with van der Waals surface area (Å²) in [6, 6.07) is 13.6. The smallest absolute Gasteiger partial charge is 0.227 e. The van der Waals surface area contributed by atoms with Gasteiger partial charge in [0, 0.05) is 18.8 Å². The lowest BCUT2D eigenvalue weighted by Gasteiger charge is -2.31. The maximum Gasteiger partial charge on any atom is 0.227 e. The summed E-state index contributed by atoms with van der Waals surface area (Å²) in [4.78, 5) is 14.7. The van der Waals surface area contributed by atoms with Crippen LogP contribution >= 0.6 is 23.2 Å². The number of halogens is 2. The molecule has 0 atom stereocenters. The van der Waals surface area contributed by atoms with Gasteiger partial charge in [-0.2, -0.15) is 0 Å². The third-order valence-electron chi connectivity index (χ3n) is 5.10. The molecule has 2 aromatic carbocycles. The summed E-state index contributed by atoms with van der Waals surface area (Å²) in [6.45, 7) is 0. The van der Waals surface area contributed by atoms with Crippen molar-refractivity contribution < 1.29 is 4.79 Å². The Labute approximate surface area is 165 Å². The van der Waals surface area contributed by atoms with Gasteiger partial charge in [0.25, 0.3) is 0 Å². The number of nitrogens with one attached hydrogen (secondary N) is 1. The lowest BCUT2D eigenvalue weighted by molar-refractivity contribution is -0.131. The first-order valence-electron chi connectivity index (χ1n) is 9.11. The normalized spacial score (nSPS) is 14.9. The van der Waals surface area contributed by atoms with Crippen LogP contribution in [-0.4, -0.2) is 23.9 Å². The van der Waals surface area contributed by atoms with Gasteiger partial charge in [-0.3, -0.25) is 4.79 Å². The van der Waals surface area contributed by atoms with Gasteiger partial charge in [-0.25, -0.2) is 0 Å². The molecule has 1 saturated carbocycles. The Morgan fingerprint density at radius 1 is 1.04 bits per heavy atom. The van der Waals surface area contributed by atoms with Crippen LogP contribution in [0.1, 0.15) is 37.7 Å². The van der Waals surface area contributed by atoms with Gasteiger partial charge in [-0.15, -0.1) is 0 Å². The van der Waals surface area contributed by atoms with Gasteiger partial charge in [-0.1, -0.05) is 66.7 Å². The van der Waals surface area contributed by atoms with Crippen LogP contribution in [0.25, 0.3) is 0 Å². The third kappa shape index (κ3) is 4.52. The van der Waals surface area contributed by atoms with E-state index in [1.54, 1.807) is 12.1 Å². The molecule has 3 nitrogen and oxygen atoms in total. The van der Waals surface area contributed by atoms with Crippen molar-refractivity contribution >= 4 is 40.5 Å². The minimum atomic E-state index is 0.149. The van der Waals surface area contributed by atoms with Gasteiger partial charge in [0.15, 0.2) is 0 Å². The molecule has 0 saturated heterocycles. The molecule has 1 N–H and O–H groups in total. The Kier molecular flexibility index (Phi) is 6.44. The molecule has 3 rings (SSSR count). The molecular weight excluding hydrogens is 367 g/mol. The number of likely N-dealkylation sites (N-methyl/N-ethyl adjacent to an activating group) is 1. The highest BCUT2D eigenvalue weighted by Gasteiger charge is 2.22. The van der Waals surface area contributed by atoms with E-state index in [0.717, 1.165) is 24.1 Å². The summed E-state index contributed by atoms with van der Waals surface area (Å²) >= 11 is 12.5. The van der Waals surface area contributed by atoms with Crippen molar-refractivity contribution in [2.45, 2.75) is 44.6 Å². The number of carbonyl (C=O) groups excluding carboxylic acids is 1. The second-order valence-corrected chi connectivity index (χ2v) is 7.67. The van der Waals surface area contributed by atoms with E-state index in [4.69, 9.17) is 23.2 Å². The van der Waals surface area contributed by atoms with Crippen LogP contribution in [0.3, 0.4) is 0 Å². The van der Waals surface area contributed by atoms with E-state index in [1.165, 1.54) is 19.3 Å². The Bertz CT molecular complexity index is 752. The largest absolute Gasteiger partial charge is 0.353 e. The quantitative estimate of drug-likeness (QED) is 0.671. The highest BCUT2D eigenvalue weighted by Crippen LogP contribution is 2.34. The van der Waals surface area contributed by atoms with Gasteiger partial charge >= 0.3 is 0 Å². The average molecular weight is 391 g/mol. The number of hydrogen-bond acceptors (Lipinski definition) is 2. The van der Waals surface area contributed by atoms with E-state index < -0.39 is 0 Å². The fourth-order valence-electron chi connectivity index (χ4n) is 3.51. The van der Waals surface area contributed by atoms with Crippen LogP contribution in [0, 0.1) is 0 Å². The third-order valence-corrected chi connectivity index (χ3v) is 5.73. The van der Waals surface area contributed by atoms with Gasteiger partial charge < -0.3 is 10.2 Å². The van der Waals surface area contributed by atoms with E-state index in [0.29, 0.717) is 28.2 Å². The van der Waals surface area contributed by atoms with Crippen molar-refractivity contribution in [3.05, 3.63) is 58.1 Å². The Hall–Kier alpha value is -1.71. The zero-order chi connectivity index (χ0) is 18.5. The first-order chi connectivity index (χ1) is 12.6. The Balaban J connectivity index is 1.75. The molecule has 2 aromatic rings. The van der Waals surface area contributed by atoms with E-state index in [9.17, 15) is 4.79 Å². The molecule has 1 amide bonds. The summed E-state index contributed by atoms with van der Waals surface area (Å²) < 4.78 is 0. The first kappa shape index (κ1) is 19.1. The Morgan fingerprint density at radius 2 is 1.69 bits per heavy atom. The standard InChI is InChI=1S/C21H24Cl2N2O/c1-25(16-9-3-2-4-10-16)20(26)14-15-8-5-6-13-19(15)24-21-17(22)11-7-12-18(21)23/h5-8,11-13,16,24H,2-4,9-10,14H2,1H3. The van der Waals surface area contributed by atoms with Crippen LogP contribution in [0.2, 0.25) is 10.0 Å². The highest BCUT2D eigenvalue weighted by molar-refractivity contribution is 6.39. The zero-order valence-electron chi connectivity index (χ0n) is 15.0. The summed E-state index contributed by atoms with van der Waals surface area (Å²) in [6.07, 6.45) is 6.29. The maximum absolute atomic E-state index is 12.8. The minimum Gasteiger partial charge on any atom is -0.353 e. The van der Waals surface area contributed by atoms with Crippen LogP contribution in [0.4, 0.5) is 11.4 Å². The van der Waals surface area contributed by atoms with Crippen molar-refractivity contribution in [1.82, 2.24) is 4.90 Å². The van der Waals surface area contributed by atoms with E-state index >= 15 is 0 Å². The molecule has 5 heteroatoms. The lowest BCUT2D eigenvalue weighted by atomic mass is 9.94. The molecule has 1 fully saturated rings. The summed E-state index contributed by atoms with van der Waals surface area (Å²) in [5, 5.41) is 4.41. The number of para-hydroxylation sites is 2. The van der Waals surface area contributed by atoms with E-state index in [-0.39, 0.29) is 5.91 Å². The van der Waals surface area contributed by atoms with Crippen LogP contribution < -0.4 is 5.32 Å². The van der Waals surface area contributed by atoms with Crippen molar-refractivity contribution in [2.24, 2.45) is 0 Å². The first-order valence-corrected chi connectivity index (χ1v) is 9.86. The predicted octanol–water partition coefficient (Wildman–Crippen LogP) is 6.07. The highest BCUT2D eigenvalue weighted by atomic mass is 35.5. The number of amides is 1. The molecule has 0 spiro atoms. The van der Waals surface area contributed by atoms with E-state index in [1.807, 2.05) is 42.3 Å². The molecular formula is C21H24Cl2N2O. The second-order valence-electron chi connectivity index (χ2n) is 6.85. The molecule has 0 radical (unpaired) electrons. The zero-order valence-corrected chi connectivity index (χ0v) is 16.5. The lowest BCUT2D eigenvalue weighted by Crippen LogP contribution is -2.39.